The predicted molar refractivity (Wildman–Crippen MR) is 90.9 cm³/mol. The minimum absolute atomic E-state index is 0.162. The Bertz CT molecular complexity index is 1120. The zero-order chi connectivity index (χ0) is 19.2. The Hall–Kier alpha value is -3.10. The van der Waals surface area contributed by atoms with Gasteiger partial charge in [-0.05, 0) is 12.1 Å². The van der Waals surface area contributed by atoms with Crippen LogP contribution in [-0.4, -0.2) is 18.7 Å². The Labute approximate surface area is 145 Å². The van der Waals surface area contributed by atoms with Gasteiger partial charge in [0.2, 0.25) is 0 Å². The van der Waals surface area contributed by atoms with E-state index in [4.69, 9.17) is 0 Å². The van der Waals surface area contributed by atoms with E-state index < -0.39 is 23.0 Å². The first kappa shape index (κ1) is 17.7. The topological polar surface area (TPSA) is 61.8 Å². The van der Waals surface area contributed by atoms with Crippen molar-refractivity contribution in [2.75, 3.05) is 0 Å². The average Bonchev–Trinajstić information content (AvgIpc) is 2.97. The number of nitrogens with zero attached hydrogens (tertiary/aromatic N) is 4. The number of benzene rings is 1. The van der Waals surface area contributed by atoms with Gasteiger partial charge in [-0.15, -0.1) is 6.58 Å². The van der Waals surface area contributed by atoms with E-state index >= 15 is 0 Å². The first-order chi connectivity index (χ1) is 12.2. The van der Waals surface area contributed by atoms with E-state index in [0.717, 1.165) is 16.7 Å². The molecule has 136 valence electrons. The molecule has 3 rings (SSSR count). The highest BCUT2D eigenvalue weighted by Gasteiger charge is 2.30. The Kier molecular flexibility index (Phi) is 4.09. The molecular weight excluding hydrogens is 349 g/mol. The molecule has 0 aliphatic carbocycles. The lowest BCUT2D eigenvalue weighted by atomic mass is 10.1. The first-order valence-electron chi connectivity index (χ1n) is 7.61. The number of allylic oxidation sites excluding steroid dienone is 1. The van der Waals surface area contributed by atoms with Crippen LogP contribution in [0.25, 0.3) is 22.6 Å². The molecule has 0 unspecified atom stereocenters. The molecule has 0 N–H and O–H groups in total. The normalized spacial score (nSPS) is 11.9. The molecule has 0 bridgehead atoms. The summed E-state index contributed by atoms with van der Waals surface area (Å²) >= 11 is 0. The lowest BCUT2D eigenvalue weighted by molar-refractivity contribution is -0.137. The zero-order valence-electron chi connectivity index (χ0n) is 14.0. The van der Waals surface area contributed by atoms with E-state index in [1.54, 1.807) is 6.08 Å². The number of alkyl halides is 3. The molecule has 9 heteroatoms. The fourth-order valence-electron chi connectivity index (χ4n) is 2.78. The summed E-state index contributed by atoms with van der Waals surface area (Å²) < 4.78 is 42.0. The number of aryl methyl sites for hydroxylation is 1. The first-order valence-corrected chi connectivity index (χ1v) is 7.61. The van der Waals surface area contributed by atoms with Crippen molar-refractivity contribution >= 4 is 11.2 Å². The van der Waals surface area contributed by atoms with Crippen LogP contribution in [0, 0.1) is 0 Å². The highest BCUT2D eigenvalue weighted by molar-refractivity contribution is 5.77. The summed E-state index contributed by atoms with van der Waals surface area (Å²) in [5.41, 5.74) is -1.11. The lowest BCUT2D eigenvalue weighted by Crippen LogP contribution is -2.37. The van der Waals surface area contributed by atoms with Gasteiger partial charge in [0.1, 0.15) is 5.82 Å². The molecule has 0 radical (unpaired) electrons. The smallest absolute Gasteiger partial charge is 0.314 e. The minimum Gasteiger partial charge on any atom is -0.314 e. The van der Waals surface area contributed by atoms with Gasteiger partial charge in [-0.3, -0.25) is 13.9 Å². The molecule has 2 aromatic heterocycles. The highest BCUT2D eigenvalue weighted by Crippen LogP contribution is 2.31. The van der Waals surface area contributed by atoms with E-state index in [1.807, 2.05) is 0 Å². The van der Waals surface area contributed by atoms with Crippen molar-refractivity contribution in [3.8, 4) is 11.4 Å². The van der Waals surface area contributed by atoms with Gasteiger partial charge >= 0.3 is 11.9 Å². The summed E-state index contributed by atoms with van der Waals surface area (Å²) in [4.78, 5) is 29.0. The molecule has 0 aliphatic heterocycles. The summed E-state index contributed by atoms with van der Waals surface area (Å²) in [5.74, 6) is 0.284. The maximum absolute atomic E-state index is 12.8. The molecular formula is C17H15F3N4O2. The Morgan fingerprint density at radius 3 is 2.27 bits per heavy atom. The van der Waals surface area contributed by atoms with Gasteiger partial charge in [0.25, 0.3) is 5.56 Å². The fraction of sp³-hybridized carbons (Fsp3) is 0.235. The molecule has 0 saturated heterocycles. The summed E-state index contributed by atoms with van der Waals surface area (Å²) in [5, 5.41) is 0. The molecule has 6 nitrogen and oxygen atoms in total. The molecule has 0 amide bonds. The maximum Gasteiger partial charge on any atom is 0.416 e. The third-order valence-electron chi connectivity index (χ3n) is 4.13. The van der Waals surface area contributed by atoms with Crippen molar-refractivity contribution < 1.29 is 13.2 Å². The number of halogens is 3. The van der Waals surface area contributed by atoms with E-state index in [9.17, 15) is 22.8 Å². The van der Waals surface area contributed by atoms with E-state index in [-0.39, 0.29) is 23.5 Å². The van der Waals surface area contributed by atoms with Crippen LogP contribution in [0.4, 0.5) is 13.2 Å². The monoisotopic (exact) mass is 364 g/mol. The summed E-state index contributed by atoms with van der Waals surface area (Å²) in [6, 6.07) is 4.46. The Balaban J connectivity index is 2.33. The SMILES string of the molecule is C=CCn1c(-c2ccc(C(F)(F)F)cc2)nc2c1c(=O)n(C)c(=O)n2C. The van der Waals surface area contributed by atoms with Crippen molar-refractivity contribution in [3.05, 3.63) is 63.3 Å². The van der Waals surface area contributed by atoms with Gasteiger partial charge in [-0.1, -0.05) is 18.2 Å². The lowest BCUT2D eigenvalue weighted by Gasteiger charge is -2.09. The van der Waals surface area contributed by atoms with Crippen molar-refractivity contribution in [3.63, 3.8) is 0 Å². The number of aromatic nitrogens is 4. The van der Waals surface area contributed by atoms with Crippen LogP contribution in [0.15, 0.2) is 46.5 Å². The van der Waals surface area contributed by atoms with Crippen LogP contribution in [0.2, 0.25) is 0 Å². The van der Waals surface area contributed by atoms with Gasteiger partial charge in [0.15, 0.2) is 11.2 Å². The number of fused-ring (bicyclic) bond motifs is 1. The van der Waals surface area contributed by atoms with Gasteiger partial charge in [0.05, 0.1) is 5.56 Å². The number of imidazole rings is 1. The molecule has 0 spiro atoms. The highest BCUT2D eigenvalue weighted by atomic mass is 19.4. The second-order valence-corrected chi connectivity index (χ2v) is 5.79. The molecule has 0 fully saturated rings. The maximum atomic E-state index is 12.8. The van der Waals surface area contributed by atoms with Crippen molar-refractivity contribution in [1.29, 1.82) is 0 Å². The number of rotatable bonds is 3. The third-order valence-corrected chi connectivity index (χ3v) is 4.13. The van der Waals surface area contributed by atoms with Crippen LogP contribution in [-0.2, 0) is 26.8 Å². The van der Waals surface area contributed by atoms with Crippen LogP contribution >= 0.6 is 0 Å². The van der Waals surface area contributed by atoms with Crippen LogP contribution in [0.1, 0.15) is 5.56 Å². The van der Waals surface area contributed by atoms with Gasteiger partial charge < -0.3 is 4.57 Å². The Morgan fingerprint density at radius 1 is 1.12 bits per heavy atom. The van der Waals surface area contributed by atoms with Crippen molar-refractivity contribution in [2.45, 2.75) is 12.7 Å². The fourth-order valence-corrected chi connectivity index (χ4v) is 2.78. The molecule has 26 heavy (non-hydrogen) atoms. The van der Waals surface area contributed by atoms with E-state index in [1.165, 1.54) is 35.4 Å². The van der Waals surface area contributed by atoms with Gasteiger partial charge in [-0.25, -0.2) is 9.78 Å². The summed E-state index contributed by atoms with van der Waals surface area (Å²) in [6.07, 6.45) is -2.90. The predicted octanol–water partition coefficient (Wildman–Crippen LogP) is 2.31. The minimum atomic E-state index is -4.44. The van der Waals surface area contributed by atoms with Gasteiger partial charge in [-0.2, -0.15) is 13.2 Å². The third kappa shape index (κ3) is 2.65. The van der Waals surface area contributed by atoms with Crippen molar-refractivity contribution in [1.82, 2.24) is 18.7 Å². The summed E-state index contributed by atoms with van der Waals surface area (Å²) in [6.45, 7) is 3.85. The second-order valence-electron chi connectivity index (χ2n) is 5.79. The van der Waals surface area contributed by atoms with E-state index in [2.05, 4.69) is 11.6 Å². The van der Waals surface area contributed by atoms with E-state index in [0.29, 0.717) is 5.56 Å². The average molecular weight is 364 g/mol. The molecule has 2 heterocycles. The largest absolute Gasteiger partial charge is 0.416 e. The van der Waals surface area contributed by atoms with Gasteiger partial charge in [0, 0.05) is 26.2 Å². The summed E-state index contributed by atoms with van der Waals surface area (Å²) in [7, 11) is 2.83. The molecule has 0 atom stereocenters. The molecule has 3 aromatic rings. The number of hydrogen-bond acceptors (Lipinski definition) is 3. The van der Waals surface area contributed by atoms with Crippen LogP contribution in [0.5, 0.6) is 0 Å². The number of hydrogen-bond donors (Lipinski definition) is 0. The van der Waals surface area contributed by atoms with Crippen LogP contribution in [0.3, 0.4) is 0 Å². The molecule has 1 aromatic carbocycles. The zero-order valence-corrected chi connectivity index (χ0v) is 14.0. The second kappa shape index (κ2) is 6.01. The van der Waals surface area contributed by atoms with Crippen LogP contribution < -0.4 is 11.2 Å². The molecule has 0 aliphatic rings. The Morgan fingerprint density at radius 2 is 1.73 bits per heavy atom. The van der Waals surface area contributed by atoms with Crippen molar-refractivity contribution in [2.24, 2.45) is 14.1 Å². The standard InChI is InChI=1S/C17H15F3N4O2/c1-4-9-24-12-14(22(2)16(26)23(3)15(12)25)21-13(24)10-5-7-11(8-6-10)17(18,19)20/h4-8H,1,9H2,2-3H3. The molecule has 0 saturated carbocycles. The quantitative estimate of drug-likeness (QED) is 0.670.